The van der Waals surface area contributed by atoms with E-state index in [1.165, 1.54) is 0 Å². The standard InChI is InChI=1S/C27H35ClN4O3/c1-35-25-9-4-3-8-24(25)31-18-16-30(17-19-31)23-12-11-21(29-26(33)10-7-13-28)20-22(23)27(34)32-14-5-2-6-15-32/h3-4,8-9,11-12,20H,2,5-7,10,13-19H2,1H3,(H,29,33). The van der Waals surface area contributed by atoms with Crippen molar-refractivity contribution in [3.8, 4) is 5.75 Å². The predicted octanol–water partition coefficient (Wildman–Crippen LogP) is 4.61. The third kappa shape index (κ3) is 6.20. The lowest BCUT2D eigenvalue weighted by Crippen LogP contribution is -2.47. The van der Waals surface area contributed by atoms with Crippen LogP contribution >= 0.6 is 11.6 Å². The van der Waals surface area contributed by atoms with E-state index < -0.39 is 0 Å². The number of amides is 2. The van der Waals surface area contributed by atoms with Gasteiger partial charge in [0, 0.05) is 62.9 Å². The van der Waals surface area contributed by atoms with Gasteiger partial charge in [-0.05, 0) is 56.0 Å². The van der Waals surface area contributed by atoms with Gasteiger partial charge in [0.2, 0.25) is 5.91 Å². The van der Waals surface area contributed by atoms with Gasteiger partial charge in [0.25, 0.3) is 5.91 Å². The molecule has 0 bridgehead atoms. The number of para-hydroxylation sites is 2. The number of anilines is 3. The molecule has 2 heterocycles. The Kier molecular flexibility index (Phi) is 8.74. The number of ether oxygens (including phenoxy) is 1. The summed E-state index contributed by atoms with van der Waals surface area (Å²) in [5, 5.41) is 2.94. The van der Waals surface area contributed by atoms with Gasteiger partial charge in [-0.15, -0.1) is 11.6 Å². The molecule has 0 unspecified atom stereocenters. The smallest absolute Gasteiger partial charge is 0.256 e. The number of carbonyl (C=O) groups is 2. The van der Waals surface area contributed by atoms with E-state index in [-0.39, 0.29) is 11.8 Å². The quantitative estimate of drug-likeness (QED) is 0.539. The van der Waals surface area contributed by atoms with Crippen molar-refractivity contribution >= 4 is 40.5 Å². The summed E-state index contributed by atoms with van der Waals surface area (Å²) in [5.41, 5.74) is 3.34. The second kappa shape index (κ2) is 12.2. The Balaban J connectivity index is 1.54. The molecule has 0 saturated carbocycles. The van der Waals surface area contributed by atoms with Gasteiger partial charge < -0.3 is 24.8 Å². The number of halogens is 1. The number of carbonyl (C=O) groups excluding carboxylic acids is 2. The summed E-state index contributed by atoms with van der Waals surface area (Å²) in [5.74, 6) is 1.28. The molecule has 0 atom stereocenters. The molecule has 2 amide bonds. The normalized spacial score (nSPS) is 16.2. The summed E-state index contributed by atoms with van der Waals surface area (Å²) in [4.78, 5) is 32.4. The maximum Gasteiger partial charge on any atom is 0.256 e. The summed E-state index contributed by atoms with van der Waals surface area (Å²) in [6.45, 7) is 4.81. The molecule has 2 aromatic rings. The SMILES string of the molecule is COc1ccccc1N1CCN(c2ccc(NC(=O)CCCCl)cc2C(=O)N2CCCCC2)CC1. The molecule has 2 aliphatic heterocycles. The molecule has 2 saturated heterocycles. The molecule has 7 nitrogen and oxygen atoms in total. The van der Waals surface area contributed by atoms with Gasteiger partial charge in [-0.2, -0.15) is 0 Å². The Bertz CT molecular complexity index is 1020. The average Bonchev–Trinajstić information content (AvgIpc) is 2.92. The Morgan fingerprint density at radius 2 is 1.60 bits per heavy atom. The van der Waals surface area contributed by atoms with Gasteiger partial charge in [0.1, 0.15) is 5.75 Å². The molecule has 0 aromatic heterocycles. The molecule has 2 aliphatic rings. The fraction of sp³-hybridized carbons (Fsp3) is 0.481. The fourth-order valence-electron chi connectivity index (χ4n) is 4.86. The number of methoxy groups -OCH3 is 1. The lowest BCUT2D eigenvalue weighted by Gasteiger charge is -2.39. The van der Waals surface area contributed by atoms with Gasteiger partial charge in [-0.3, -0.25) is 9.59 Å². The number of hydrogen-bond acceptors (Lipinski definition) is 5. The summed E-state index contributed by atoms with van der Waals surface area (Å²) >= 11 is 5.73. The fourth-order valence-corrected chi connectivity index (χ4v) is 4.99. The summed E-state index contributed by atoms with van der Waals surface area (Å²) in [7, 11) is 1.70. The largest absolute Gasteiger partial charge is 0.495 e. The highest BCUT2D eigenvalue weighted by atomic mass is 35.5. The molecule has 0 spiro atoms. The van der Waals surface area contributed by atoms with Crippen molar-refractivity contribution in [3.05, 3.63) is 48.0 Å². The lowest BCUT2D eigenvalue weighted by molar-refractivity contribution is -0.116. The van der Waals surface area contributed by atoms with Crippen LogP contribution in [0, 0.1) is 0 Å². The molecular formula is C27H35ClN4O3. The van der Waals surface area contributed by atoms with Crippen molar-refractivity contribution in [2.75, 3.05) is 67.4 Å². The van der Waals surface area contributed by atoms with Gasteiger partial charge in [0.05, 0.1) is 18.4 Å². The number of hydrogen-bond donors (Lipinski definition) is 1. The van der Waals surface area contributed by atoms with E-state index in [2.05, 4.69) is 21.2 Å². The van der Waals surface area contributed by atoms with Crippen molar-refractivity contribution in [3.63, 3.8) is 0 Å². The average molecular weight is 499 g/mol. The number of nitrogens with zero attached hydrogens (tertiary/aromatic N) is 3. The summed E-state index contributed by atoms with van der Waals surface area (Å²) in [6, 6.07) is 13.8. The molecule has 1 N–H and O–H groups in total. The zero-order chi connectivity index (χ0) is 24.6. The Hall–Kier alpha value is -2.93. The number of nitrogens with one attached hydrogen (secondary N) is 1. The zero-order valence-corrected chi connectivity index (χ0v) is 21.2. The first-order valence-corrected chi connectivity index (χ1v) is 13.1. The van der Waals surface area contributed by atoms with Crippen LogP contribution < -0.4 is 19.9 Å². The van der Waals surface area contributed by atoms with Crippen LogP contribution in [0.5, 0.6) is 5.75 Å². The maximum atomic E-state index is 13.6. The highest BCUT2D eigenvalue weighted by Gasteiger charge is 2.26. The first-order chi connectivity index (χ1) is 17.1. The number of likely N-dealkylation sites (tertiary alicyclic amines) is 1. The lowest BCUT2D eigenvalue weighted by atomic mass is 10.1. The number of rotatable bonds is 8. The maximum absolute atomic E-state index is 13.6. The van der Waals surface area contributed by atoms with Crippen LogP contribution in [-0.2, 0) is 4.79 Å². The third-order valence-corrected chi connectivity index (χ3v) is 7.00. The minimum atomic E-state index is -0.0832. The first kappa shape index (κ1) is 25.2. The second-order valence-corrected chi connectivity index (χ2v) is 9.45. The van der Waals surface area contributed by atoms with Crippen molar-refractivity contribution in [1.29, 1.82) is 0 Å². The number of piperazine rings is 1. The van der Waals surface area contributed by atoms with Gasteiger partial charge >= 0.3 is 0 Å². The van der Waals surface area contributed by atoms with Crippen LogP contribution in [0.25, 0.3) is 0 Å². The summed E-state index contributed by atoms with van der Waals surface area (Å²) in [6.07, 6.45) is 4.23. The van der Waals surface area contributed by atoms with E-state index in [1.54, 1.807) is 7.11 Å². The van der Waals surface area contributed by atoms with E-state index in [0.717, 1.165) is 75.7 Å². The van der Waals surface area contributed by atoms with Crippen molar-refractivity contribution in [2.45, 2.75) is 32.1 Å². The molecule has 35 heavy (non-hydrogen) atoms. The molecule has 188 valence electrons. The van der Waals surface area contributed by atoms with Crippen molar-refractivity contribution in [2.24, 2.45) is 0 Å². The van der Waals surface area contributed by atoms with Gasteiger partial charge in [0.15, 0.2) is 0 Å². The Morgan fingerprint density at radius 3 is 2.29 bits per heavy atom. The Labute approximate surface area is 213 Å². The number of benzene rings is 2. The molecular weight excluding hydrogens is 464 g/mol. The topological polar surface area (TPSA) is 65.1 Å². The molecule has 2 fully saturated rings. The highest BCUT2D eigenvalue weighted by molar-refractivity contribution is 6.18. The van der Waals surface area contributed by atoms with Gasteiger partial charge in [-0.25, -0.2) is 0 Å². The van der Waals surface area contributed by atoms with Crippen LogP contribution in [0.15, 0.2) is 42.5 Å². The third-order valence-electron chi connectivity index (χ3n) is 6.74. The van der Waals surface area contributed by atoms with Crippen molar-refractivity contribution < 1.29 is 14.3 Å². The molecule has 0 aliphatic carbocycles. The van der Waals surface area contributed by atoms with Crippen LogP contribution in [0.1, 0.15) is 42.5 Å². The first-order valence-electron chi connectivity index (χ1n) is 12.5. The minimum absolute atomic E-state index is 0.0451. The Morgan fingerprint density at radius 1 is 0.914 bits per heavy atom. The van der Waals surface area contributed by atoms with Crippen molar-refractivity contribution in [1.82, 2.24) is 4.90 Å². The van der Waals surface area contributed by atoms with Gasteiger partial charge in [-0.1, -0.05) is 12.1 Å². The molecule has 4 rings (SSSR count). The number of alkyl halides is 1. The summed E-state index contributed by atoms with van der Waals surface area (Å²) < 4.78 is 5.55. The predicted molar refractivity (Wildman–Crippen MR) is 142 cm³/mol. The van der Waals surface area contributed by atoms with Crippen LogP contribution in [0.4, 0.5) is 17.1 Å². The van der Waals surface area contributed by atoms with E-state index in [4.69, 9.17) is 16.3 Å². The van der Waals surface area contributed by atoms with Crippen LogP contribution in [0.2, 0.25) is 0 Å². The monoisotopic (exact) mass is 498 g/mol. The van der Waals surface area contributed by atoms with Crippen LogP contribution in [0.3, 0.4) is 0 Å². The van der Waals surface area contributed by atoms with E-state index in [0.29, 0.717) is 30.0 Å². The highest BCUT2D eigenvalue weighted by Crippen LogP contribution is 2.31. The minimum Gasteiger partial charge on any atom is -0.495 e. The van der Waals surface area contributed by atoms with Crippen LogP contribution in [-0.4, -0.2) is 69.0 Å². The van der Waals surface area contributed by atoms with E-state index in [1.807, 2.05) is 41.3 Å². The molecule has 0 radical (unpaired) electrons. The number of piperidine rings is 1. The second-order valence-electron chi connectivity index (χ2n) is 9.07. The van der Waals surface area contributed by atoms with E-state index in [9.17, 15) is 9.59 Å². The molecule has 8 heteroatoms. The zero-order valence-electron chi connectivity index (χ0n) is 20.5. The van der Waals surface area contributed by atoms with E-state index >= 15 is 0 Å². The molecule has 2 aromatic carbocycles.